The summed E-state index contributed by atoms with van der Waals surface area (Å²) in [5, 5.41) is 11.0. The smallest absolute Gasteiger partial charge is 0.0717 e. The summed E-state index contributed by atoms with van der Waals surface area (Å²) in [5.41, 5.74) is 8.89. The van der Waals surface area contributed by atoms with Gasteiger partial charge in [-0.2, -0.15) is 0 Å². The Morgan fingerprint density at radius 3 is 2.43 bits per heavy atom. The van der Waals surface area contributed by atoms with Crippen molar-refractivity contribution < 1.29 is 5.11 Å². The van der Waals surface area contributed by atoms with Crippen LogP contribution in [-0.4, -0.2) is 21.7 Å². The van der Waals surface area contributed by atoms with Gasteiger partial charge in [0.1, 0.15) is 0 Å². The molecule has 0 amide bonds. The molecular formula is C26H25ClN2O. The largest absolute Gasteiger partial charge is 0.396 e. The topological polar surface area (TPSA) is 46.0 Å². The van der Waals surface area contributed by atoms with Crippen molar-refractivity contribution in [1.29, 1.82) is 0 Å². The number of nitrogens with zero attached hydrogens (tertiary/aromatic N) is 2. The van der Waals surface area contributed by atoms with E-state index >= 15 is 0 Å². The van der Waals surface area contributed by atoms with E-state index in [1.807, 2.05) is 42.7 Å². The van der Waals surface area contributed by atoms with Crippen LogP contribution >= 0.6 is 11.6 Å². The highest BCUT2D eigenvalue weighted by Crippen LogP contribution is 2.40. The van der Waals surface area contributed by atoms with E-state index in [9.17, 15) is 0 Å². The van der Waals surface area contributed by atoms with Crippen LogP contribution in [0.5, 0.6) is 0 Å². The van der Waals surface area contributed by atoms with Gasteiger partial charge in [0.2, 0.25) is 0 Å². The van der Waals surface area contributed by atoms with Gasteiger partial charge in [-0.15, -0.1) is 0 Å². The maximum absolute atomic E-state index is 9.15. The number of halogens is 1. The number of hydrogen-bond acceptors (Lipinski definition) is 3. The van der Waals surface area contributed by atoms with Crippen molar-refractivity contribution in [1.82, 2.24) is 9.97 Å². The average Bonchev–Trinajstić information content (AvgIpc) is 2.74. The molecule has 0 fully saturated rings. The first kappa shape index (κ1) is 20.5. The van der Waals surface area contributed by atoms with Crippen LogP contribution < -0.4 is 0 Å². The molecule has 152 valence electrons. The molecule has 0 aliphatic carbocycles. The molecular weight excluding hydrogens is 392 g/mol. The summed E-state index contributed by atoms with van der Waals surface area (Å²) < 4.78 is 0. The van der Waals surface area contributed by atoms with Gasteiger partial charge in [-0.1, -0.05) is 29.8 Å². The second kappa shape index (κ2) is 8.95. The van der Waals surface area contributed by atoms with Crippen LogP contribution in [0.3, 0.4) is 0 Å². The second-order valence-electron chi connectivity index (χ2n) is 7.65. The fourth-order valence-corrected chi connectivity index (χ4v) is 4.45. The lowest BCUT2D eigenvalue weighted by molar-refractivity contribution is 0.284. The molecule has 1 N–H and O–H groups in total. The van der Waals surface area contributed by atoms with Crippen molar-refractivity contribution in [2.75, 3.05) is 6.61 Å². The molecule has 0 spiro atoms. The Morgan fingerprint density at radius 1 is 0.933 bits per heavy atom. The Labute approximate surface area is 182 Å². The van der Waals surface area contributed by atoms with Gasteiger partial charge in [-0.05, 0) is 91.3 Å². The Hall–Kier alpha value is -2.75. The van der Waals surface area contributed by atoms with Crippen LogP contribution in [0.25, 0.3) is 33.2 Å². The third-order valence-corrected chi connectivity index (χ3v) is 5.90. The van der Waals surface area contributed by atoms with Gasteiger partial charge in [0.15, 0.2) is 0 Å². The van der Waals surface area contributed by atoms with Gasteiger partial charge in [0, 0.05) is 40.7 Å². The Morgan fingerprint density at radius 2 is 1.70 bits per heavy atom. The minimum absolute atomic E-state index is 0.207. The first-order valence-electron chi connectivity index (χ1n) is 10.3. The van der Waals surface area contributed by atoms with E-state index in [0.29, 0.717) is 0 Å². The summed E-state index contributed by atoms with van der Waals surface area (Å²) in [6.45, 7) is 4.51. The van der Waals surface area contributed by atoms with Gasteiger partial charge >= 0.3 is 0 Å². The van der Waals surface area contributed by atoms with Gasteiger partial charge in [-0.25, -0.2) is 0 Å². The number of pyridine rings is 2. The molecule has 4 rings (SSSR count). The van der Waals surface area contributed by atoms with Crippen molar-refractivity contribution in [3.63, 3.8) is 0 Å². The van der Waals surface area contributed by atoms with Crippen LogP contribution in [0.2, 0.25) is 5.02 Å². The molecule has 0 aliphatic heterocycles. The summed E-state index contributed by atoms with van der Waals surface area (Å²) >= 11 is 6.62. The fraction of sp³-hybridized carbons (Fsp3) is 0.231. The minimum Gasteiger partial charge on any atom is -0.396 e. The lowest BCUT2D eigenvalue weighted by atomic mass is 9.89. The van der Waals surface area contributed by atoms with Gasteiger partial charge in [0.25, 0.3) is 0 Å². The maximum atomic E-state index is 9.15. The van der Waals surface area contributed by atoms with E-state index in [0.717, 1.165) is 57.6 Å². The van der Waals surface area contributed by atoms with Crippen LogP contribution in [0, 0.1) is 13.8 Å². The Kier molecular flexibility index (Phi) is 6.12. The number of aryl methyl sites for hydroxylation is 3. The fourth-order valence-electron chi connectivity index (χ4n) is 4.22. The number of unbranched alkanes of at least 4 members (excludes halogenated alkanes) is 1. The van der Waals surface area contributed by atoms with Crippen molar-refractivity contribution >= 4 is 22.5 Å². The average molecular weight is 417 g/mol. The predicted octanol–water partition coefficient (Wildman–Crippen LogP) is 6.55. The van der Waals surface area contributed by atoms with Crippen molar-refractivity contribution in [2.24, 2.45) is 0 Å². The molecule has 3 nitrogen and oxygen atoms in total. The molecule has 0 saturated carbocycles. The summed E-state index contributed by atoms with van der Waals surface area (Å²) in [4.78, 5) is 9.15. The first-order valence-corrected chi connectivity index (χ1v) is 10.7. The standard InChI is InChI=1S/C26H25ClN2O/c1-17-15-24-26(18(2)25(17)19-10-12-28-13-11-19)22(21-8-3-4-9-23(21)27)16-20(29-24)7-5-6-14-30/h3-4,8-13,15-16,30H,5-7,14H2,1-2H3. The van der Waals surface area contributed by atoms with E-state index in [1.54, 1.807) is 0 Å². The zero-order chi connectivity index (χ0) is 21.1. The minimum atomic E-state index is 0.207. The third kappa shape index (κ3) is 3.96. The number of benzene rings is 2. The van der Waals surface area contributed by atoms with Crippen LogP contribution in [0.1, 0.15) is 29.7 Å². The molecule has 0 unspecified atom stereocenters. The number of rotatable bonds is 6. The highest BCUT2D eigenvalue weighted by molar-refractivity contribution is 6.33. The van der Waals surface area contributed by atoms with E-state index in [4.69, 9.17) is 21.7 Å². The molecule has 4 aromatic rings. The summed E-state index contributed by atoms with van der Waals surface area (Å²) in [7, 11) is 0. The number of aliphatic hydroxyl groups excluding tert-OH is 1. The molecule has 4 heteroatoms. The van der Waals surface area contributed by atoms with E-state index in [2.05, 4.69) is 37.0 Å². The van der Waals surface area contributed by atoms with E-state index in [1.165, 1.54) is 16.7 Å². The van der Waals surface area contributed by atoms with E-state index in [-0.39, 0.29) is 6.61 Å². The van der Waals surface area contributed by atoms with Gasteiger partial charge in [-0.3, -0.25) is 9.97 Å². The summed E-state index contributed by atoms with van der Waals surface area (Å²) in [6.07, 6.45) is 6.17. The van der Waals surface area contributed by atoms with Gasteiger partial charge < -0.3 is 5.11 Å². The zero-order valence-electron chi connectivity index (χ0n) is 17.3. The van der Waals surface area contributed by atoms with Crippen LogP contribution in [0.15, 0.2) is 60.9 Å². The van der Waals surface area contributed by atoms with Gasteiger partial charge in [0.05, 0.1) is 5.52 Å². The highest BCUT2D eigenvalue weighted by Gasteiger charge is 2.17. The molecule has 2 aromatic heterocycles. The van der Waals surface area contributed by atoms with Crippen molar-refractivity contribution in [2.45, 2.75) is 33.1 Å². The monoisotopic (exact) mass is 416 g/mol. The number of aromatic nitrogens is 2. The quantitative estimate of drug-likeness (QED) is 0.362. The summed E-state index contributed by atoms with van der Waals surface area (Å²) in [5.74, 6) is 0. The molecule has 0 atom stereocenters. The van der Waals surface area contributed by atoms with Crippen LogP contribution in [0.4, 0.5) is 0 Å². The molecule has 0 saturated heterocycles. The lowest BCUT2D eigenvalue weighted by Crippen LogP contribution is -1.99. The second-order valence-corrected chi connectivity index (χ2v) is 8.05. The van der Waals surface area contributed by atoms with Crippen molar-refractivity contribution in [3.05, 3.63) is 82.8 Å². The molecule has 30 heavy (non-hydrogen) atoms. The Balaban J connectivity index is 2.01. The SMILES string of the molecule is Cc1cc2nc(CCCCO)cc(-c3ccccc3Cl)c2c(C)c1-c1ccncc1. The molecule has 2 aromatic carbocycles. The highest BCUT2D eigenvalue weighted by atomic mass is 35.5. The maximum Gasteiger partial charge on any atom is 0.0717 e. The molecule has 2 heterocycles. The first-order chi connectivity index (χ1) is 14.6. The molecule has 0 bridgehead atoms. The van der Waals surface area contributed by atoms with Crippen molar-refractivity contribution in [3.8, 4) is 22.3 Å². The number of fused-ring (bicyclic) bond motifs is 1. The van der Waals surface area contributed by atoms with E-state index < -0.39 is 0 Å². The Bertz CT molecular complexity index is 1190. The normalized spacial score (nSPS) is 11.2. The molecule has 0 radical (unpaired) electrons. The third-order valence-electron chi connectivity index (χ3n) is 5.57. The number of hydrogen-bond donors (Lipinski definition) is 1. The predicted molar refractivity (Wildman–Crippen MR) is 125 cm³/mol. The summed E-state index contributed by atoms with van der Waals surface area (Å²) in [6, 6.07) is 16.4. The number of aliphatic hydroxyl groups is 1. The molecule has 0 aliphatic rings. The van der Waals surface area contributed by atoms with Crippen LogP contribution in [-0.2, 0) is 6.42 Å². The lowest BCUT2D eigenvalue weighted by Gasteiger charge is -2.18. The zero-order valence-corrected chi connectivity index (χ0v) is 18.1.